The Bertz CT molecular complexity index is 1180. The molecule has 0 aliphatic carbocycles. The van der Waals surface area contributed by atoms with Crippen molar-refractivity contribution in [1.29, 1.82) is 5.26 Å². The number of aryl methyl sites for hydroxylation is 1. The van der Waals surface area contributed by atoms with E-state index in [1.807, 2.05) is 6.92 Å². The maximum atomic E-state index is 13.2. The number of carbonyl (C=O) groups excluding carboxylic acids is 2. The molecule has 7 nitrogen and oxygen atoms in total. The lowest BCUT2D eigenvalue weighted by atomic mass is 10.2. The number of hydrogen-bond donors (Lipinski definition) is 0. The van der Waals surface area contributed by atoms with Crippen molar-refractivity contribution in [2.24, 2.45) is 0 Å². The molecule has 0 aromatic carbocycles. The maximum Gasteiger partial charge on any atom is 0.349 e. The van der Waals surface area contributed by atoms with Gasteiger partial charge in [-0.15, -0.1) is 11.3 Å². The summed E-state index contributed by atoms with van der Waals surface area (Å²) < 4.78 is 11.9. The molecule has 138 valence electrons. The summed E-state index contributed by atoms with van der Waals surface area (Å²) in [5.74, 6) is -1.68. The van der Waals surface area contributed by atoms with Crippen LogP contribution in [0.4, 0.5) is 0 Å². The van der Waals surface area contributed by atoms with E-state index < -0.39 is 17.4 Å². The van der Waals surface area contributed by atoms with Gasteiger partial charge in [0.05, 0.1) is 29.0 Å². The second-order valence-electron chi connectivity index (χ2n) is 5.70. The van der Waals surface area contributed by atoms with Gasteiger partial charge in [-0.25, -0.2) is 9.59 Å². The van der Waals surface area contributed by atoms with Crippen molar-refractivity contribution in [3.05, 3.63) is 50.1 Å². The third-order valence-corrected chi connectivity index (χ3v) is 5.15. The molecular weight excluding hydrogens is 368 g/mol. The van der Waals surface area contributed by atoms with Gasteiger partial charge in [0.2, 0.25) is 5.43 Å². The van der Waals surface area contributed by atoms with Crippen LogP contribution >= 0.6 is 11.3 Å². The van der Waals surface area contributed by atoms with E-state index in [0.29, 0.717) is 10.2 Å². The van der Waals surface area contributed by atoms with Crippen molar-refractivity contribution in [3.8, 4) is 6.07 Å². The van der Waals surface area contributed by atoms with E-state index >= 15 is 0 Å². The van der Waals surface area contributed by atoms with Crippen molar-refractivity contribution in [2.45, 2.75) is 20.8 Å². The summed E-state index contributed by atoms with van der Waals surface area (Å²) in [7, 11) is 0. The van der Waals surface area contributed by atoms with Gasteiger partial charge < -0.3 is 13.9 Å². The van der Waals surface area contributed by atoms with Crippen LogP contribution in [0.25, 0.3) is 15.7 Å². The first-order valence-corrected chi connectivity index (χ1v) is 9.12. The third-order valence-electron chi connectivity index (χ3n) is 3.98. The summed E-state index contributed by atoms with van der Waals surface area (Å²) >= 11 is 0.894. The fourth-order valence-corrected chi connectivity index (χ4v) is 4.03. The molecule has 0 radical (unpaired) electrons. The Morgan fingerprint density at radius 3 is 2.52 bits per heavy atom. The molecule has 0 unspecified atom stereocenters. The molecule has 8 heteroatoms. The van der Waals surface area contributed by atoms with Crippen molar-refractivity contribution in [1.82, 2.24) is 4.40 Å². The molecule has 0 aliphatic rings. The van der Waals surface area contributed by atoms with Crippen LogP contribution in [0.3, 0.4) is 0 Å². The Balaban J connectivity index is 2.51. The summed E-state index contributed by atoms with van der Waals surface area (Å²) in [6.45, 7) is 5.24. The van der Waals surface area contributed by atoms with Crippen LogP contribution in [0.1, 0.15) is 45.0 Å². The Morgan fingerprint density at radius 1 is 1.22 bits per heavy atom. The zero-order chi connectivity index (χ0) is 19.7. The maximum absolute atomic E-state index is 13.2. The zero-order valence-electron chi connectivity index (χ0n) is 15.0. The largest absolute Gasteiger partial charge is 0.462 e. The molecule has 3 heterocycles. The Kier molecular flexibility index (Phi) is 4.97. The molecule has 27 heavy (non-hydrogen) atoms. The summed E-state index contributed by atoms with van der Waals surface area (Å²) in [4.78, 5) is 37.8. The van der Waals surface area contributed by atoms with E-state index in [9.17, 15) is 19.6 Å². The van der Waals surface area contributed by atoms with Crippen LogP contribution < -0.4 is 5.43 Å². The summed E-state index contributed by atoms with van der Waals surface area (Å²) in [5.41, 5.74) is 0.870. The molecule has 0 aliphatic heterocycles. The quantitative estimate of drug-likeness (QED) is 0.641. The number of rotatable bonds is 4. The van der Waals surface area contributed by atoms with Crippen LogP contribution in [0.5, 0.6) is 0 Å². The molecule has 0 amide bonds. The number of esters is 2. The predicted octanol–water partition coefficient (Wildman–Crippen LogP) is 3.05. The number of hydrogen-bond acceptors (Lipinski definition) is 7. The van der Waals surface area contributed by atoms with Crippen molar-refractivity contribution >= 4 is 39.0 Å². The molecule has 0 saturated carbocycles. The van der Waals surface area contributed by atoms with Gasteiger partial charge in [0, 0.05) is 6.20 Å². The summed E-state index contributed by atoms with van der Waals surface area (Å²) in [6, 6.07) is 5.67. The van der Waals surface area contributed by atoms with E-state index in [1.165, 1.54) is 0 Å². The highest BCUT2D eigenvalue weighted by Crippen LogP contribution is 2.31. The molecule has 0 fully saturated rings. The first-order chi connectivity index (χ1) is 12.9. The SMILES string of the molecule is CCOC(=O)c1sc2c(C#N)c3cc(C)ccn3c2c(=O)c1C(=O)OCC. The monoisotopic (exact) mass is 384 g/mol. The van der Waals surface area contributed by atoms with Gasteiger partial charge in [0.1, 0.15) is 22.0 Å². The van der Waals surface area contributed by atoms with E-state index in [1.54, 1.807) is 36.6 Å². The lowest BCUT2D eigenvalue weighted by molar-refractivity contribution is 0.0482. The first-order valence-electron chi connectivity index (χ1n) is 8.30. The lowest BCUT2D eigenvalue weighted by Crippen LogP contribution is -2.23. The van der Waals surface area contributed by atoms with Crippen LogP contribution in [-0.2, 0) is 9.47 Å². The minimum Gasteiger partial charge on any atom is -0.462 e. The van der Waals surface area contributed by atoms with Gasteiger partial charge in [0.15, 0.2) is 0 Å². The third kappa shape index (κ3) is 2.96. The molecule has 3 rings (SSSR count). The predicted molar refractivity (Wildman–Crippen MR) is 100 cm³/mol. The Labute approximate surface area is 158 Å². The average Bonchev–Trinajstić information content (AvgIpc) is 2.94. The topological polar surface area (TPSA) is 97.9 Å². The fraction of sp³-hybridized carbons (Fsp3) is 0.263. The highest BCUT2D eigenvalue weighted by atomic mass is 32.1. The molecule has 3 aromatic heterocycles. The van der Waals surface area contributed by atoms with Crippen molar-refractivity contribution in [2.75, 3.05) is 13.2 Å². The van der Waals surface area contributed by atoms with Crippen molar-refractivity contribution in [3.63, 3.8) is 0 Å². The molecule has 0 atom stereocenters. The molecular formula is C19H16N2O5S. The van der Waals surface area contributed by atoms with E-state index in [4.69, 9.17) is 9.47 Å². The number of nitrogens with zero attached hydrogens (tertiary/aromatic N) is 2. The van der Waals surface area contributed by atoms with Gasteiger partial charge >= 0.3 is 11.9 Å². The normalized spacial score (nSPS) is 10.7. The van der Waals surface area contributed by atoms with Gasteiger partial charge in [-0.1, -0.05) is 0 Å². The fourth-order valence-electron chi connectivity index (χ4n) is 2.86. The average molecular weight is 384 g/mol. The van der Waals surface area contributed by atoms with E-state index in [2.05, 4.69) is 6.07 Å². The molecule has 3 aromatic rings. The zero-order valence-corrected chi connectivity index (χ0v) is 15.8. The van der Waals surface area contributed by atoms with E-state index in [0.717, 1.165) is 16.9 Å². The smallest absolute Gasteiger partial charge is 0.349 e. The number of carbonyl (C=O) groups is 2. The van der Waals surface area contributed by atoms with Gasteiger partial charge in [-0.2, -0.15) is 5.26 Å². The standard InChI is InChI=1S/C19H16N2O5S/c1-4-25-18(23)13-15(22)14-16(27-17(13)19(24)26-5-2)11(9-20)12-8-10(3)6-7-21(12)14/h6-8H,4-5H2,1-3H3. The number of ether oxygens (including phenoxy) is 2. The number of fused-ring (bicyclic) bond motifs is 3. The minimum atomic E-state index is -0.885. The lowest BCUT2D eigenvalue weighted by Gasteiger charge is -2.08. The summed E-state index contributed by atoms with van der Waals surface area (Å²) in [6.07, 6.45) is 1.67. The number of pyridine rings is 1. The van der Waals surface area contributed by atoms with E-state index in [-0.39, 0.29) is 34.7 Å². The van der Waals surface area contributed by atoms with Gasteiger partial charge in [-0.3, -0.25) is 4.79 Å². The Hall–Kier alpha value is -3.18. The second-order valence-corrected chi connectivity index (χ2v) is 6.72. The molecule has 0 spiro atoms. The van der Waals surface area contributed by atoms with Crippen LogP contribution in [0.15, 0.2) is 23.1 Å². The first kappa shape index (κ1) is 18.6. The molecule has 0 bridgehead atoms. The van der Waals surface area contributed by atoms with Crippen molar-refractivity contribution < 1.29 is 19.1 Å². The summed E-state index contributed by atoms with van der Waals surface area (Å²) in [5, 5.41) is 9.63. The van der Waals surface area contributed by atoms with Crippen LogP contribution in [-0.4, -0.2) is 29.6 Å². The highest BCUT2D eigenvalue weighted by molar-refractivity contribution is 7.20. The van der Waals surface area contributed by atoms with Gasteiger partial charge in [0.25, 0.3) is 0 Å². The van der Waals surface area contributed by atoms with Crippen LogP contribution in [0.2, 0.25) is 0 Å². The number of nitriles is 1. The molecule has 0 saturated heterocycles. The van der Waals surface area contributed by atoms with Crippen LogP contribution in [0, 0.1) is 18.3 Å². The Morgan fingerprint density at radius 2 is 1.89 bits per heavy atom. The number of aromatic nitrogens is 1. The van der Waals surface area contributed by atoms with Gasteiger partial charge in [-0.05, 0) is 38.5 Å². The molecule has 0 N–H and O–H groups in total. The second kappa shape index (κ2) is 7.21. The highest BCUT2D eigenvalue weighted by Gasteiger charge is 2.29. The minimum absolute atomic E-state index is 0.0563.